The van der Waals surface area contributed by atoms with Crippen molar-refractivity contribution in [1.82, 2.24) is 5.32 Å². The van der Waals surface area contributed by atoms with Gasteiger partial charge in [0.15, 0.2) is 0 Å². The highest BCUT2D eigenvalue weighted by atomic mass is 32.2. The average molecular weight is 477 g/mol. The Balaban J connectivity index is 1.62. The average Bonchev–Trinajstić information content (AvgIpc) is 2.97. The van der Waals surface area contributed by atoms with E-state index in [0.29, 0.717) is 29.1 Å². The number of ether oxygens (including phenoxy) is 2. The number of fused-ring (bicyclic) bond motifs is 2. The van der Waals surface area contributed by atoms with E-state index < -0.39 is 5.97 Å². The summed E-state index contributed by atoms with van der Waals surface area (Å²) in [6, 6.07) is 19.7. The van der Waals surface area contributed by atoms with Gasteiger partial charge < -0.3 is 14.8 Å². The number of carbonyl (C=O) groups excluding carboxylic acids is 3. The van der Waals surface area contributed by atoms with Gasteiger partial charge in [-0.1, -0.05) is 36.0 Å². The van der Waals surface area contributed by atoms with E-state index in [9.17, 15) is 14.4 Å². The van der Waals surface area contributed by atoms with Crippen molar-refractivity contribution in [2.24, 2.45) is 0 Å². The van der Waals surface area contributed by atoms with Gasteiger partial charge >= 0.3 is 5.97 Å². The van der Waals surface area contributed by atoms with Crippen LogP contribution in [0.4, 0.5) is 5.69 Å². The van der Waals surface area contributed by atoms with Gasteiger partial charge in [-0.25, -0.2) is 4.79 Å². The standard InChI is InChI=1S/C26H24N2O5S/c1-3-33-26(31)18-11-12-23-21(14-18)28(25(30)20-9-4-5-10-22(20)34-23)16-24(29)27-15-17-7-6-8-19(13-17)32-2/h4-14H,3,15-16H2,1-2H3,(H,27,29). The number of hydrogen-bond donors (Lipinski definition) is 1. The van der Waals surface area contributed by atoms with E-state index in [0.717, 1.165) is 15.4 Å². The third kappa shape index (κ3) is 5.07. The molecule has 0 unspecified atom stereocenters. The zero-order valence-electron chi connectivity index (χ0n) is 18.9. The number of methoxy groups -OCH3 is 1. The summed E-state index contributed by atoms with van der Waals surface area (Å²) >= 11 is 1.43. The summed E-state index contributed by atoms with van der Waals surface area (Å²) in [6.45, 7) is 2.07. The van der Waals surface area contributed by atoms with Gasteiger partial charge in [-0.15, -0.1) is 0 Å². The minimum absolute atomic E-state index is 0.197. The largest absolute Gasteiger partial charge is 0.497 e. The molecule has 1 heterocycles. The molecule has 0 fully saturated rings. The lowest BCUT2D eigenvalue weighted by Crippen LogP contribution is -2.40. The zero-order chi connectivity index (χ0) is 24.1. The van der Waals surface area contributed by atoms with Gasteiger partial charge in [-0.3, -0.25) is 14.5 Å². The van der Waals surface area contributed by atoms with Crippen LogP contribution in [0.3, 0.4) is 0 Å². The Bertz CT molecular complexity index is 1240. The molecule has 34 heavy (non-hydrogen) atoms. The molecule has 0 spiro atoms. The summed E-state index contributed by atoms with van der Waals surface area (Å²) in [6.07, 6.45) is 0. The van der Waals surface area contributed by atoms with Crippen LogP contribution in [-0.2, 0) is 16.1 Å². The van der Waals surface area contributed by atoms with E-state index in [1.807, 2.05) is 36.4 Å². The molecule has 0 aliphatic carbocycles. The molecule has 3 aromatic carbocycles. The highest BCUT2D eigenvalue weighted by molar-refractivity contribution is 7.99. The van der Waals surface area contributed by atoms with Crippen LogP contribution < -0.4 is 15.0 Å². The van der Waals surface area contributed by atoms with Crippen molar-refractivity contribution < 1.29 is 23.9 Å². The van der Waals surface area contributed by atoms with Crippen LogP contribution in [0.1, 0.15) is 33.2 Å². The quantitative estimate of drug-likeness (QED) is 0.512. The molecule has 3 aromatic rings. The summed E-state index contributed by atoms with van der Waals surface area (Å²) in [7, 11) is 1.58. The number of carbonyl (C=O) groups is 3. The van der Waals surface area contributed by atoms with E-state index in [2.05, 4.69) is 5.32 Å². The first-order chi connectivity index (χ1) is 16.5. The lowest BCUT2D eigenvalue weighted by atomic mass is 10.1. The van der Waals surface area contributed by atoms with Crippen molar-refractivity contribution in [2.75, 3.05) is 25.2 Å². The van der Waals surface area contributed by atoms with Gasteiger partial charge in [0.25, 0.3) is 5.91 Å². The van der Waals surface area contributed by atoms with Gasteiger partial charge in [0.1, 0.15) is 12.3 Å². The smallest absolute Gasteiger partial charge is 0.338 e. The summed E-state index contributed by atoms with van der Waals surface area (Å²) in [5.41, 5.74) is 2.19. The maximum atomic E-state index is 13.5. The molecule has 174 valence electrons. The number of nitrogens with one attached hydrogen (secondary N) is 1. The molecular weight excluding hydrogens is 452 g/mol. The topological polar surface area (TPSA) is 84.9 Å². The highest BCUT2D eigenvalue weighted by Gasteiger charge is 2.29. The minimum Gasteiger partial charge on any atom is -0.497 e. The summed E-state index contributed by atoms with van der Waals surface area (Å²) in [4.78, 5) is 41.7. The number of hydrogen-bond acceptors (Lipinski definition) is 6. The van der Waals surface area contributed by atoms with Crippen molar-refractivity contribution in [3.63, 3.8) is 0 Å². The molecule has 0 aromatic heterocycles. The fourth-order valence-electron chi connectivity index (χ4n) is 3.60. The van der Waals surface area contributed by atoms with Crippen LogP contribution in [-0.4, -0.2) is 38.0 Å². The van der Waals surface area contributed by atoms with Crippen LogP contribution in [0, 0.1) is 0 Å². The molecule has 1 aliphatic rings. The Hall–Kier alpha value is -3.78. The molecule has 8 heteroatoms. The van der Waals surface area contributed by atoms with Crippen molar-refractivity contribution in [1.29, 1.82) is 0 Å². The van der Waals surface area contributed by atoms with Crippen LogP contribution in [0.25, 0.3) is 0 Å². The van der Waals surface area contributed by atoms with Gasteiger partial charge in [-0.2, -0.15) is 0 Å². The maximum absolute atomic E-state index is 13.5. The fraction of sp³-hybridized carbons (Fsp3) is 0.192. The molecule has 0 saturated heterocycles. The Kier molecular flexibility index (Phi) is 7.18. The molecule has 2 amide bonds. The lowest BCUT2D eigenvalue weighted by molar-refractivity contribution is -0.119. The van der Waals surface area contributed by atoms with E-state index in [1.54, 1.807) is 44.4 Å². The normalized spacial score (nSPS) is 12.3. The molecule has 0 radical (unpaired) electrons. The number of amides is 2. The Morgan fingerprint density at radius 1 is 1.00 bits per heavy atom. The Morgan fingerprint density at radius 3 is 2.62 bits per heavy atom. The van der Waals surface area contributed by atoms with Crippen molar-refractivity contribution >= 4 is 35.2 Å². The first-order valence-electron chi connectivity index (χ1n) is 10.8. The van der Waals surface area contributed by atoms with E-state index in [4.69, 9.17) is 9.47 Å². The number of nitrogens with zero attached hydrogens (tertiary/aromatic N) is 1. The molecule has 0 bridgehead atoms. The molecule has 4 rings (SSSR count). The van der Waals surface area contributed by atoms with Crippen LogP contribution >= 0.6 is 11.8 Å². The Morgan fingerprint density at radius 2 is 1.82 bits per heavy atom. The second-order valence-electron chi connectivity index (χ2n) is 7.52. The maximum Gasteiger partial charge on any atom is 0.338 e. The highest BCUT2D eigenvalue weighted by Crippen LogP contribution is 2.41. The van der Waals surface area contributed by atoms with Gasteiger partial charge in [-0.05, 0) is 55.0 Å². The monoisotopic (exact) mass is 476 g/mol. The second-order valence-corrected chi connectivity index (χ2v) is 8.60. The van der Waals surface area contributed by atoms with E-state index >= 15 is 0 Å². The van der Waals surface area contributed by atoms with Crippen LogP contribution in [0.15, 0.2) is 76.5 Å². The second kappa shape index (κ2) is 10.4. The molecule has 1 aliphatic heterocycles. The number of anilines is 1. The lowest BCUT2D eigenvalue weighted by Gasteiger charge is -2.23. The summed E-state index contributed by atoms with van der Waals surface area (Å²) < 4.78 is 10.3. The molecular formula is C26H24N2O5S. The van der Waals surface area contributed by atoms with E-state index in [-0.39, 0.29) is 25.0 Å². The first-order valence-corrected chi connectivity index (χ1v) is 11.6. The zero-order valence-corrected chi connectivity index (χ0v) is 19.7. The molecule has 0 saturated carbocycles. The number of esters is 1. The van der Waals surface area contributed by atoms with Gasteiger partial charge in [0.2, 0.25) is 5.91 Å². The first kappa shape index (κ1) is 23.4. The Labute approximate surface area is 202 Å². The third-order valence-corrected chi connectivity index (χ3v) is 6.41. The predicted octanol–water partition coefficient (Wildman–Crippen LogP) is 4.30. The van der Waals surface area contributed by atoms with E-state index in [1.165, 1.54) is 16.7 Å². The van der Waals surface area contributed by atoms with Crippen LogP contribution in [0.5, 0.6) is 5.75 Å². The summed E-state index contributed by atoms with van der Waals surface area (Å²) in [5, 5.41) is 2.86. The van der Waals surface area contributed by atoms with Gasteiger partial charge in [0.05, 0.1) is 30.5 Å². The fourth-order valence-corrected chi connectivity index (χ4v) is 4.66. The third-order valence-electron chi connectivity index (χ3n) is 5.27. The van der Waals surface area contributed by atoms with Crippen LogP contribution in [0.2, 0.25) is 0 Å². The van der Waals surface area contributed by atoms with Crippen molar-refractivity contribution in [3.05, 3.63) is 83.4 Å². The molecule has 0 atom stereocenters. The summed E-state index contributed by atoms with van der Waals surface area (Å²) in [5.74, 6) is -0.414. The van der Waals surface area contributed by atoms with Crippen molar-refractivity contribution in [2.45, 2.75) is 23.3 Å². The molecule has 1 N–H and O–H groups in total. The molecule has 7 nitrogen and oxygen atoms in total. The van der Waals surface area contributed by atoms with Crippen molar-refractivity contribution in [3.8, 4) is 5.75 Å². The number of benzene rings is 3. The van der Waals surface area contributed by atoms with Gasteiger partial charge in [0, 0.05) is 16.3 Å². The predicted molar refractivity (Wildman–Crippen MR) is 129 cm³/mol. The number of rotatable bonds is 7. The SMILES string of the molecule is CCOC(=O)c1ccc2c(c1)N(CC(=O)NCc1cccc(OC)c1)C(=O)c1ccccc1S2. The minimum atomic E-state index is -0.480.